The van der Waals surface area contributed by atoms with Gasteiger partial charge < -0.3 is 10.5 Å². The Morgan fingerprint density at radius 1 is 1.29 bits per heavy atom. The Morgan fingerprint density at radius 2 is 1.96 bits per heavy atom. The van der Waals surface area contributed by atoms with Crippen LogP contribution in [-0.4, -0.2) is 47.1 Å². The van der Waals surface area contributed by atoms with Gasteiger partial charge in [-0.1, -0.05) is 12.1 Å². The summed E-state index contributed by atoms with van der Waals surface area (Å²) in [5, 5.41) is 2.50. The summed E-state index contributed by atoms with van der Waals surface area (Å²) in [7, 11) is 1.69. The number of aromatic nitrogens is 1. The van der Waals surface area contributed by atoms with Crippen molar-refractivity contribution in [3.8, 4) is 11.3 Å². The summed E-state index contributed by atoms with van der Waals surface area (Å²) in [5.74, 6) is -0.151. The van der Waals surface area contributed by atoms with Gasteiger partial charge in [-0.25, -0.2) is 9.78 Å². The summed E-state index contributed by atoms with van der Waals surface area (Å²) in [6.07, 6.45) is 0.954. The van der Waals surface area contributed by atoms with Crippen molar-refractivity contribution in [2.75, 3.05) is 24.2 Å². The molecule has 2 amide bonds. The van der Waals surface area contributed by atoms with Crippen LogP contribution < -0.4 is 10.6 Å². The molecule has 0 radical (unpaired) electrons. The number of nitrogens with two attached hydrogens (primary N) is 1. The third-order valence-corrected chi connectivity index (χ3v) is 5.40. The molecule has 0 bridgehead atoms. The minimum atomic E-state index is -0.595. The van der Waals surface area contributed by atoms with Crippen LogP contribution in [0.15, 0.2) is 29.6 Å². The molecule has 2 N–H and O–H groups in total. The van der Waals surface area contributed by atoms with Crippen molar-refractivity contribution in [2.45, 2.75) is 45.3 Å². The molecule has 0 aliphatic carbocycles. The highest BCUT2D eigenvalue weighted by Crippen LogP contribution is 2.29. The zero-order valence-electron chi connectivity index (χ0n) is 16.6. The number of nitrogen functional groups attached to an aromatic ring is 1. The number of thiazole rings is 1. The zero-order chi connectivity index (χ0) is 20.5. The number of hydrogen-bond donors (Lipinski definition) is 1. The number of nitrogens with zero attached hydrogens (tertiary/aromatic N) is 3. The third kappa shape index (κ3) is 4.44. The maximum Gasteiger partial charge on any atom is 0.410 e. The lowest BCUT2D eigenvalue weighted by molar-refractivity contribution is -0.122. The van der Waals surface area contributed by atoms with Crippen molar-refractivity contribution < 1.29 is 14.3 Å². The first-order valence-electron chi connectivity index (χ1n) is 9.24. The number of carbonyl (C=O) groups is 2. The van der Waals surface area contributed by atoms with Gasteiger partial charge in [-0.15, -0.1) is 11.3 Å². The van der Waals surface area contributed by atoms with E-state index in [9.17, 15) is 9.59 Å². The zero-order valence-corrected chi connectivity index (χ0v) is 17.5. The number of hydrogen-bond acceptors (Lipinski definition) is 6. The van der Waals surface area contributed by atoms with E-state index in [0.717, 1.165) is 17.7 Å². The van der Waals surface area contributed by atoms with E-state index in [2.05, 4.69) is 4.98 Å². The van der Waals surface area contributed by atoms with Crippen LogP contribution in [0.1, 0.15) is 33.6 Å². The molecule has 8 heteroatoms. The summed E-state index contributed by atoms with van der Waals surface area (Å²) in [6.45, 7) is 5.97. The number of likely N-dealkylation sites (tertiary alicyclic amines) is 1. The summed E-state index contributed by atoms with van der Waals surface area (Å²) < 4.78 is 5.45. The fraction of sp³-hybridized carbons (Fsp3) is 0.450. The second-order valence-corrected chi connectivity index (χ2v) is 8.70. The topological polar surface area (TPSA) is 88.8 Å². The Bertz CT molecular complexity index is 857. The minimum Gasteiger partial charge on any atom is -0.444 e. The van der Waals surface area contributed by atoms with Gasteiger partial charge in [0.15, 0.2) is 5.13 Å². The Morgan fingerprint density at radius 3 is 2.61 bits per heavy atom. The summed E-state index contributed by atoms with van der Waals surface area (Å²) in [6, 6.07) is 6.92. The van der Waals surface area contributed by atoms with Crippen LogP contribution in [0.4, 0.5) is 15.6 Å². The molecule has 1 atom stereocenters. The minimum absolute atomic E-state index is 0.151. The number of amides is 2. The van der Waals surface area contributed by atoms with Gasteiger partial charge in [-0.05, 0) is 45.7 Å². The Balaban J connectivity index is 1.73. The Labute approximate surface area is 169 Å². The van der Waals surface area contributed by atoms with Crippen molar-refractivity contribution in [1.82, 2.24) is 9.88 Å². The molecule has 0 spiro atoms. The van der Waals surface area contributed by atoms with Crippen molar-refractivity contribution in [1.29, 1.82) is 0 Å². The molecule has 150 valence electrons. The first-order chi connectivity index (χ1) is 13.2. The van der Waals surface area contributed by atoms with Gasteiger partial charge in [0.25, 0.3) is 5.91 Å². The highest BCUT2D eigenvalue weighted by atomic mass is 32.1. The van der Waals surface area contributed by atoms with Crippen molar-refractivity contribution in [2.24, 2.45) is 0 Å². The van der Waals surface area contributed by atoms with E-state index in [-0.39, 0.29) is 5.91 Å². The van der Waals surface area contributed by atoms with Crippen molar-refractivity contribution in [3.05, 3.63) is 29.6 Å². The molecule has 2 heterocycles. The van der Waals surface area contributed by atoms with Crippen molar-refractivity contribution >= 4 is 34.2 Å². The number of ether oxygens (including phenoxy) is 1. The summed E-state index contributed by atoms with van der Waals surface area (Å²) >= 11 is 1.39. The maximum absolute atomic E-state index is 13.0. The number of carbonyl (C=O) groups excluding carboxylic acids is 2. The van der Waals surface area contributed by atoms with E-state index in [1.165, 1.54) is 21.1 Å². The van der Waals surface area contributed by atoms with Gasteiger partial charge in [-0.2, -0.15) is 0 Å². The SMILES string of the molecule is CN(C(=O)[C@@H]1CCCN1C(=O)OC(C)(C)C)c1nc(-c2ccc(N)cc2)cs1. The Hall–Kier alpha value is -2.61. The second-order valence-electron chi connectivity index (χ2n) is 7.87. The quantitative estimate of drug-likeness (QED) is 0.790. The molecule has 1 saturated heterocycles. The first kappa shape index (κ1) is 20.1. The van der Waals surface area contributed by atoms with E-state index < -0.39 is 17.7 Å². The average molecular weight is 403 g/mol. The second kappa shape index (κ2) is 7.79. The number of benzene rings is 1. The van der Waals surface area contributed by atoms with E-state index >= 15 is 0 Å². The molecule has 1 aromatic heterocycles. The smallest absolute Gasteiger partial charge is 0.410 e. The third-order valence-electron chi connectivity index (χ3n) is 4.48. The normalized spacial score (nSPS) is 16.9. The number of anilines is 2. The van der Waals surface area contributed by atoms with Crippen LogP contribution in [0.2, 0.25) is 0 Å². The molecule has 1 aliphatic heterocycles. The van der Waals surface area contributed by atoms with Crippen LogP contribution in [0, 0.1) is 0 Å². The average Bonchev–Trinajstić information content (AvgIpc) is 3.29. The number of rotatable bonds is 3. The van der Waals surface area contributed by atoms with E-state index in [0.29, 0.717) is 23.8 Å². The van der Waals surface area contributed by atoms with Crippen LogP contribution in [0.5, 0.6) is 0 Å². The van der Waals surface area contributed by atoms with E-state index in [4.69, 9.17) is 10.5 Å². The van der Waals surface area contributed by atoms with Crippen molar-refractivity contribution in [3.63, 3.8) is 0 Å². The van der Waals surface area contributed by atoms with E-state index in [1.54, 1.807) is 7.05 Å². The Kier molecular flexibility index (Phi) is 5.60. The van der Waals surface area contributed by atoms with Gasteiger partial charge in [0.1, 0.15) is 11.6 Å². The predicted octanol–water partition coefficient (Wildman–Crippen LogP) is 3.75. The van der Waals surface area contributed by atoms with E-state index in [1.807, 2.05) is 50.4 Å². The van der Waals surface area contributed by atoms with Crippen LogP contribution >= 0.6 is 11.3 Å². The van der Waals surface area contributed by atoms with Gasteiger partial charge in [0, 0.05) is 30.2 Å². The molecule has 3 rings (SSSR count). The molecule has 0 saturated carbocycles. The monoisotopic (exact) mass is 402 g/mol. The lowest BCUT2D eigenvalue weighted by Gasteiger charge is -2.29. The molecule has 7 nitrogen and oxygen atoms in total. The molecular formula is C20H26N4O3S. The molecule has 1 aliphatic rings. The van der Waals surface area contributed by atoms with Gasteiger partial charge in [0.05, 0.1) is 5.69 Å². The maximum atomic E-state index is 13.0. The largest absolute Gasteiger partial charge is 0.444 e. The fourth-order valence-corrected chi connectivity index (χ4v) is 3.89. The molecule has 28 heavy (non-hydrogen) atoms. The van der Waals surface area contributed by atoms with Crippen LogP contribution in [0.3, 0.4) is 0 Å². The van der Waals surface area contributed by atoms with Gasteiger partial charge in [-0.3, -0.25) is 14.6 Å². The summed E-state index contributed by atoms with van der Waals surface area (Å²) in [5.41, 5.74) is 7.55. The van der Waals surface area contributed by atoms with Crippen LogP contribution in [-0.2, 0) is 9.53 Å². The van der Waals surface area contributed by atoms with Gasteiger partial charge >= 0.3 is 6.09 Å². The molecule has 2 aromatic rings. The van der Waals surface area contributed by atoms with Crippen LogP contribution in [0.25, 0.3) is 11.3 Å². The predicted molar refractivity (Wildman–Crippen MR) is 111 cm³/mol. The van der Waals surface area contributed by atoms with Gasteiger partial charge in [0.2, 0.25) is 0 Å². The standard InChI is InChI=1S/C20H26N4O3S/c1-20(2,3)27-19(26)24-11-5-6-16(24)17(25)23(4)18-22-15(12-28-18)13-7-9-14(21)10-8-13/h7-10,12,16H,5-6,11,21H2,1-4H3/t16-/m0/s1. The number of likely N-dealkylation sites (N-methyl/N-ethyl adjacent to an activating group) is 1. The molecule has 1 aromatic carbocycles. The first-order valence-corrected chi connectivity index (χ1v) is 10.1. The highest BCUT2D eigenvalue weighted by molar-refractivity contribution is 7.14. The lowest BCUT2D eigenvalue weighted by atomic mass is 10.1. The molecule has 0 unspecified atom stereocenters. The molecular weight excluding hydrogens is 376 g/mol. The summed E-state index contributed by atoms with van der Waals surface area (Å²) in [4.78, 5) is 33.1. The highest BCUT2D eigenvalue weighted by Gasteiger charge is 2.38. The molecule has 1 fully saturated rings. The fourth-order valence-electron chi connectivity index (χ4n) is 3.09. The lowest BCUT2D eigenvalue weighted by Crippen LogP contribution is -2.48.